The zero-order valence-electron chi connectivity index (χ0n) is 10.4. The molecule has 1 aromatic heterocycles. The monoisotopic (exact) mass is 298 g/mol. The molecule has 1 saturated heterocycles. The summed E-state index contributed by atoms with van der Waals surface area (Å²) in [7, 11) is 2.19. The summed E-state index contributed by atoms with van der Waals surface area (Å²) in [6, 6.07) is 0. The fraction of sp³-hybridized carbons (Fsp3) is 0.667. The Hall–Kier alpha value is -0.680. The van der Waals surface area contributed by atoms with E-state index >= 15 is 0 Å². The van der Waals surface area contributed by atoms with Gasteiger partial charge in [0.15, 0.2) is 0 Å². The minimum absolute atomic E-state index is 0.372. The van der Waals surface area contributed by atoms with Crippen LogP contribution in [0.1, 0.15) is 19.8 Å². The van der Waals surface area contributed by atoms with E-state index in [-0.39, 0.29) is 0 Å². The highest BCUT2D eigenvalue weighted by molar-refractivity contribution is 9.10. The molecule has 0 unspecified atom stereocenters. The number of nitrogens with one attached hydrogen (secondary N) is 1. The number of anilines is 1. The number of hydrogen-bond donors (Lipinski definition) is 1. The van der Waals surface area contributed by atoms with Gasteiger partial charge in [-0.2, -0.15) is 0 Å². The van der Waals surface area contributed by atoms with E-state index in [0.29, 0.717) is 5.41 Å². The van der Waals surface area contributed by atoms with Crippen LogP contribution in [0.4, 0.5) is 5.82 Å². The van der Waals surface area contributed by atoms with Crippen molar-refractivity contribution in [3.63, 3.8) is 0 Å². The molecule has 0 aromatic carbocycles. The normalized spacial score (nSPS) is 20.2. The van der Waals surface area contributed by atoms with Gasteiger partial charge in [0.05, 0.1) is 4.47 Å². The van der Waals surface area contributed by atoms with Gasteiger partial charge in [-0.1, -0.05) is 6.92 Å². The first-order valence-corrected chi connectivity index (χ1v) is 6.76. The summed E-state index contributed by atoms with van der Waals surface area (Å²) in [5, 5.41) is 3.42. The topological polar surface area (TPSA) is 41.0 Å². The molecule has 4 nitrogen and oxygen atoms in total. The highest BCUT2D eigenvalue weighted by Crippen LogP contribution is 2.31. The van der Waals surface area contributed by atoms with Crippen molar-refractivity contribution in [1.82, 2.24) is 14.9 Å². The molecule has 1 aliphatic rings. The molecule has 0 amide bonds. The highest BCUT2D eigenvalue weighted by atomic mass is 79.9. The van der Waals surface area contributed by atoms with Crippen LogP contribution in [0, 0.1) is 5.41 Å². The molecule has 0 bridgehead atoms. The van der Waals surface area contributed by atoms with Crippen molar-refractivity contribution in [3.05, 3.63) is 17.0 Å². The number of aromatic nitrogens is 2. The zero-order chi connectivity index (χ0) is 12.3. The van der Waals surface area contributed by atoms with Crippen molar-refractivity contribution in [3.8, 4) is 0 Å². The lowest BCUT2D eigenvalue weighted by Crippen LogP contribution is -2.40. The Morgan fingerprint density at radius 1 is 1.47 bits per heavy atom. The summed E-state index contributed by atoms with van der Waals surface area (Å²) in [5.74, 6) is 0.889. The SMILES string of the molecule is CN1CCC(C)(CNc2ncncc2Br)CC1. The Kier molecular flexibility index (Phi) is 3.99. The number of nitrogens with zero attached hydrogens (tertiary/aromatic N) is 3. The van der Waals surface area contributed by atoms with Crippen LogP contribution in [0.3, 0.4) is 0 Å². The van der Waals surface area contributed by atoms with Crippen LogP contribution in [0.25, 0.3) is 0 Å². The van der Waals surface area contributed by atoms with Crippen molar-refractivity contribution < 1.29 is 0 Å². The third-order valence-corrected chi connectivity index (χ3v) is 4.12. The van der Waals surface area contributed by atoms with Crippen molar-refractivity contribution in [1.29, 1.82) is 0 Å². The number of rotatable bonds is 3. The first kappa shape index (κ1) is 12.8. The third kappa shape index (κ3) is 3.39. The summed E-state index contributed by atoms with van der Waals surface area (Å²) in [6.45, 7) is 5.69. The third-order valence-electron chi connectivity index (χ3n) is 3.54. The van der Waals surface area contributed by atoms with Crippen molar-refractivity contribution in [2.24, 2.45) is 5.41 Å². The molecule has 0 saturated carbocycles. The van der Waals surface area contributed by atoms with Crippen LogP contribution in [-0.4, -0.2) is 41.5 Å². The van der Waals surface area contributed by atoms with Crippen molar-refractivity contribution in [2.75, 3.05) is 32.0 Å². The Labute approximate surface area is 111 Å². The van der Waals surface area contributed by atoms with Gasteiger partial charge in [0.2, 0.25) is 0 Å². The molecular weight excluding hydrogens is 280 g/mol. The van der Waals surface area contributed by atoms with Gasteiger partial charge in [-0.3, -0.25) is 0 Å². The summed E-state index contributed by atoms with van der Waals surface area (Å²) >= 11 is 3.45. The number of piperidine rings is 1. The minimum Gasteiger partial charge on any atom is -0.368 e. The Balaban J connectivity index is 1.92. The van der Waals surface area contributed by atoms with Gasteiger partial charge in [-0.05, 0) is 54.3 Å². The Morgan fingerprint density at radius 2 is 2.18 bits per heavy atom. The maximum atomic E-state index is 4.23. The van der Waals surface area contributed by atoms with Gasteiger partial charge >= 0.3 is 0 Å². The second-order valence-electron chi connectivity index (χ2n) is 5.19. The summed E-state index contributed by atoms with van der Waals surface area (Å²) in [5.41, 5.74) is 0.372. The van der Waals surface area contributed by atoms with Crippen LogP contribution in [-0.2, 0) is 0 Å². The van der Waals surface area contributed by atoms with Crippen molar-refractivity contribution in [2.45, 2.75) is 19.8 Å². The van der Waals surface area contributed by atoms with Gasteiger partial charge in [0.25, 0.3) is 0 Å². The summed E-state index contributed by atoms with van der Waals surface area (Å²) in [6.07, 6.45) is 5.81. The molecule has 5 heteroatoms. The van der Waals surface area contributed by atoms with Gasteiger partial charge < -0.3 is 10.2 Å². The number of hydrogen-bond acceptors (Lipinski definition) is 4. The summed E-state index contributed by atoms with van der Waals surface area (Å²) < 4.78 is 0.927. The molecule has 0 radical (unpaired) electrons. The first-order valence-electron chi connectivity index (χ1n) is 5.97. The molecule has 0 atom stereocenters. The smallest absolute Gasteiger partial charge is 0.143 e. The van der Waals surface area contributed by atoms with Crippen molar-refractivity contribution >= 4 is 21.7 Å². The van der Waals surface area contributed by atoms with Gasteiger partial charge in [0, 0.05) is 12.7 Å². The molecule has 0 aliphatic carbocycles. The molecule has 94 valence electrons. The first-order chi connectivity index (χ1) is 8.09. The van der Waals surface area contributed by atoms with Crippen LogP contribution >= 0.6 is 15.9 Å². The average Bonchev–Trinajstić information content (AvgIpc) is 2.33. The molecule has 2 rings (SSSR count). The maximum Gasteiger partial charge on any atom is 0.143 e. The van der Waals surface area contributed by atoms with Gasteiger partial charge in [-0.25, -0.2) is 9.97 Å². The largest absolute Gasteiger partial charge is 0.368 e. The van der Waals surface area contributed by atoms with Crippen LogP contribution in [0.15, 0.2) is 17.0 Å². The average molecular weight is 299 g/mol. The van der Waals surface area contributed by atoms with Crippen LogP contribution < -0.4 is 5.32 Å². The predicted molar refractivity (Wildman–Crippen MR) is 73.1 cm³/mol. The Morgan fingerprint density at radius 3 is 2.82 bits per heavy atom. The molecule has 1 fully saturated rings. The van der Waals surface area contributed by atoms with E-state index in [2.05, 4.69) is 50.1 Å². The zero-order valence-corrected chi connectivity index (χ0v) is 12.0. The molecule has 0 spiro atoms. The van der Waals surface area contributed by atoms with Crippen LogP contribution in [0.5, 0.6) is 0 Å². The fourth-order valence-electron chi connectivity index (χ4n) is 2.07. The molecule has 1 N–H and O–H groups in total. The minimum atomic E-state index is 0.372. The van der Waals surface area contributed by atoms with E-state index in [4.69, 9.17) is 0 Å². The van der Waals surface area contributed by atoms with E-state index in [9.17, 15) is 0 Å². The molecular formula is C12H19BrN4. The van der Waals surface area contributed by atoms with E-state index in [0.717, 1.165) is 16.8 Å². The lowest BCUT2D eigenvalue weighted by Gasteiger charge is -2.38. The standard InChI is InChI=1S/C12H19BrN4/c1-12(3-5-17(2)6-4-12)8-15-11-10(13)7-14-9-16-11/h7,9H,3-6,8H2,1-2H3,(H,14,15,16). The second-order valence-corrected chi connectivity index (χ2v) is 6.04. The quantitative estimate of drug-likeness (QED) is 0.930. The van der Waals surface area contributed by atoms with Gasteiger partial charge in [0.1, 0.15) is 12.1 Å². The van der Waals surface area contributed by atoms with Crippen LogP contribution in [0.2, 0.25) is 0 Å². The van der Waals surface area contributed by atoms with E-state index < -0.39 is 0 Å². The fourth-order valence-corrected chi connectivity index (χ4v) is 2.44. The molecule has 17 heavy (non-hydrogen) atoms. The van der Waals surface area contributed by atoms with E-state index in [1.165, 1.54) is 25.9 Å². The molecule has 1 aromatic rings. The van der Waals surface area contributed by atoms with Gasteiger partial charge in [-0.15, -0.1) is 0 Å². The van der Waals surface area contributed by atoms with E-state index in [1.54, 1.807) is 12.5 Å². The number of likely N-dealkylation sites (tertiary alicyclic amines) is 1. The summed E-state index contributed by atoms with van der Waals surface area (Å²) in [4.78, 5) is 10.6. The number of halogens is 1. The lowest BCUT2D eigenvalue weighted by molar-refractivity contribution is 0.150. The maximum absolute atomic E-state index is 4.23. The molecule has 2 heterocycles. The second kappa shape index (κ2) is 5.31. The Bertz CT molecular complexity index is 375. The molecule has 1 aliphatic heterocycles. The van der Waals surface area contributed by atoms with E-state index in [1.807, 2.05) is 0 Å². The predicted octanol–water partition coefficient (Wildman–Crippen LogP) is 2.38. The highest BCUT2D eigenvalue weighted by Gasteiger charge is 2.28. The lowest BCUT2D eigenvalue weighted by atomic mass is 9.80.